The maximum atomic E-state index is 11.5. The van der Waals surface area contributed by atoms with Gasteiger partial charge in [0, 0.05) is 12.4 Å². The zero-order valence-corrected chi connectivity index (χ0v) is 12.3. The van der Waals surface area contributed by atoms with Crippen LogP contribution in [0, 0.1) is 0 Å². The van der Waals surface area contributed by atoms with E-state index >= 15 is 0 Å². The van der Waals surface area contributed by atoms with Crippen LogP contribution in [-0.2, 0) is 9.59 Å². The molecule has 0 radical (unpaired) electrons. The van der Waals surface area contributed by atoms with Crippen molar-refractivity contribution < 1.29 is 24.5 Å². The van der Waals surface area contributed by atoms with Gasteiger partial charge in [0.1, 0.15) is 0 Å². The first-order valence-corrected chi connectivity index (χ1v) is 7.03. The molecule has 2 N–H and O–H groups in total. The quantitative estimate of drug-likeness (QED) is 0.554. The topological polar surface area (TPSA) is 123 Å². The lowest BCUT2D eigenvalue weighted by Crippen LogP contribution is -2.31. The predicted molar refractivity (Wildman–Crippen MR) is 78.8 cm³/mol. The van der Waals surface area contributed by atoms with E-state index in [1.165, 1.54) is 19.4 Å². The number of benzene rings is 1. The Balaban J connectivity index is 2.01. The molecular formula is C13H12N3O5S-. The fourth-order valence-electron chi connectivity index (χ4n) is 1.67. The molecular weight excluding hydrogens is 310 g/mol. The van der Waals surface area contributed by atoms with Crippen LogP contribution in [0.5, 0.6) is 11.5 Å². The zero-order chi connectivity index (χ0) is 16.1. The summed E-state index contributed by atoms with van der Waals surface area (Å²) in [4.78, 5) is 21.9. The average molecular weight is 322 g/mol. The summed E-state index contributed by atoms with van der Waals surface area (Å²) in [7, 11) is 1.44. The first kappa shape index (κ1) is 15.8. The second-order valence-corrected chi connectivity index (χ2v) is 5.44. The molecule has 2 rings (SSSR count). The molecule has 0 bridgehead atoms. The van der Waals surface area contributed by atoms with Gasteiger partial charge in [0.2, 0.25) is 5.91 Å². The summed E-state index contributed by atoms with van der Waals surface area (Å²) in [6, 6.07) is 4.69. The smallest absolute Gasteiger partial charge is 0.239 e. The van der Waals surface area contributed by atoms with Gasteiger partial charge < -0.3 is 25.1 Å². The minimum atomic E-state index is -1.30. The number of amides is 1. The molecule has 1 aliphatic heterocycles. The number of hydrogen-bond donors (Lipinski definition) is 2. The lowest BCUT2D eigenvalue weighted by Gasteiger charge is -2.04. The third-order valence-electron chi connectivity index (χ3n) is 2.69. The molecule has 0 saturated carbocycles. The van der Waals surface area contributed by atoms with E-state index in [1.807, 2.05) is 0 Å². The number of carbonyl (C=O) groups excluding carboxylic acids is 2. The lowest BCUT2D eigenvalue weighted by atomic mass is 10.2. The summed E-state index contributed by atoms with van der Waals surface area (Å²) in [5.41, 5.74) is 0.586. The normalized spacial score (nSPS) is 19.6. The van der Waals surface area contributed by atoms with Gasteiger partial charge in [-0.1, -0.05) is 11.8 Å². The van der Waals surface area contributed by atoms with Crippen LogP contribution in [0.4, 0.5) is 0 Å². The monoisotopic (exact) mass is 322 g/mol. The van der Waals surface area contributed by atoms with Crippen molar-refractivity contribution in [2.75, 3.05) is 7.11 Å². The Labute approximate surface area is 129 Å². The molecule has 0 aromatic heterocycles. The van der Waals surface area contributed by atoms with Crippen molar-refractivity contribution in [3.63, 3.8) is 0 Å². The van der Waals surface area contributed by atoms with Crippen molar-refractivity contribution in [3.05, 3.63) is 23.8 Å². The van der Waals surface area contributed by atoms with Gasteiger partial charge >= 0.3 is 0 Å². The third-order valence-corrected chi connectivity index (χ3v) is 3.76. The summed E-state index contributed by atoms with van der Waals surface area (Å²) < 4.78 is 4.92. The predicted octanol–water partition coefficient (Wildman–Crippen LogP) is -0.538. The number of phenols is 1. The van der Waals surface area contributed by atoms with Crippen LogP contribution in [-0.4, -0.2) is 40.7 Å². The number of ether oxygens (including phenoxy) is 1. The van der Waals surface area contributed by atoms with Crippen molar-refractivity contribution in [2.45, 2.75) is 11.7 Å². The van der Waals surface area contributed by atoms with Crippen molar-refractivity contribution in [1.82, 2.24) is 5.32 Å². The Morgan fingerprint density at radius 3 is 3.00 bits per heavy atom. The van der Waals surface area contributed by atoms with Gasteiger partial charge in [-0.15, -0.1) is 5.10 Å². The van der Waals surface area contributed by atoms with E-state index in [9.17, 15) is 19.8 Å². The molecule has 1 aliphatic rings. The van der Waals surface area contributed by atoms with E-state index in [4.69, 9.17) is 4.74 Å². The molecule has 9 heteroatoms. The number of hydrogen-bond acceptors (Lipinski definition) is 8. The highest BCUT2D eigenvalue weighted by molar-refractivity contribution is 8.15. The van der Waals surface area contributed by atoms with Crippen LogP contribution in [0.2, 0.25) is 0 Å². The fourth-order valence-corrected chi connectivity index (χ4v) is 2.58. The fraction of sp³-hybridized carbons (Fsp3) is 0.231. The van der Waals surface area contributed by atoms with Gasteiger partial charge in [0.25, 0.3) is 0 Å². The molecule has 22 heavy (non-hydrogen) atoms. The Morgan fingerprint density at radius 2 is 2.36 bits per heavy atom. The number of aromatic hydroxyl groups is 1. The van der Waals surface area contributed by atoms with Crippen molar-refractivity contribution in [1.29, 1.82) is 0 Å². The summed E-state index contributed by atoms with van der Waals surface area (Å²) in [6.07, 6.45) is 0.997. The second-order valence-electron chi connectivity index (χ2n) is 4.25. The highest BCUT2D eigenvalue weighted by atomic mass is 32.2. The molecule has 0 unspecified atom stereocenters. The molecule has 1 saturated heterocycles. The SMILES string of the molecule is COc1ccc(/C=N\N=C2\NC(=O)[C@H](CC(=O)[O-])S2)cc1O. The van der Waals surface area contributed by atoms with Gasteiger partial charge in [-0.2, -0.15) is 5.10 Å². The van der Waals surface area contributed by atoms with E-state index in [-0.39, 0.29) is 17.3 Å². The third kappa shape index (κ3) is 3.98. The Morgan fingerprint density at radius 1 is 1.59 bits per heavy atom. The van der Waals surface area contributed by atoms with E-state index in [1.54, 1.807) is 12.1 Å². The highest BCUT2D eigenvalue weighted by Crippen LogP contribution is 2.25. The van der Waals surface area contributed by atoms with Crippen molar-refractivity contribution in [2.24, 2.45) is 10.2 Å². The number of carbonyl (C=O) groups is 2. The second kappa shape index (κ2) is 6.94. The molecule has 1 amide bonds. The van der Waals surface area contributed by atoms with Gasteiger partial charge in [-0.3, -0.25) is 4.79 Å². The Kier molecular flexibility index (Phi) is 4.99. The molecule has 1 aromatic rings. The number of amidine groups is 1. The van der Waals surface area contributed by atoms with Gasteiger partial charge in [-0.25, -0.2) is 0 Å². The number of rotatable bonds is 5. The molecule has 8 nitrogen and oxygen atoms in total. The summed E-state index contributed by atoms with van der Waals surface area (Å²) in [5, 5.41) is 29.5. The van der Waals surface area contributed by atoms with E-state index in [0.717, 1.165) is 11.8 Å². The number of thioether (sulfide) groups is 1. The Bertz CT molecular complexity index is 659. The first-order valence-electron chi connectivity index (χ1n) is 6.15. The number of carboxylic acids is 1. The molecule has 1 heterocycles. The van der Waals surface area contributed by atoms with Crippen LogP contribution in [0.1, 0.15) is 12.0 Å². The number of nitrogens with zero attached hydrogens (tertiary/aromatic N) is 2. The standard InChI is InChI=1S/C13H13N3O5S/c1-21-9-3-2-7(4-8(9)17)6-14-16-13-15-12(20)10(22-13)5-11(18)19/h2-4,6,10,17H,5H2,1H3,(H,18,19)(H,15,16,20)/p-1/b14-6-/t10-/m0/s1. The lowest BCUT2D eigenvalue weighted by molar-refractivity contribution is -0.305. The largest absolute Gasteiger partial charge is 0.550 e. The van der Waals surface area contributed by atoms with E-state index in [0.29, 0.717) is 11.3 Å². The maximum absolute atomic E-state index is 11.5. The van der Waals surface area contributed by atoms with Gasteiger partial charge in [0.15, 0.2) is 16.7 Å². The molecule has 1 fully saturated rings. The molecule has 0 aliphatic carbocycles. The van der Waals surface area contributed by atoms with Crippen LogP contribution in [0.3, 0.4) is 0 Å². The minimum Gasteiger partial charge on any atom is -0.550 e. The number of methoxy groups -OCH3 is 1. The van der Waals surface area contributed by atoms with E-state index < -0.39 is 17.1 Å². The summed E-state index contributed by atoms with van der Waals surface area (Å²) >= 11 is 0.977. The average Bonchev–Trinajstić information content (AvgIpc) is 2.78. The molecule has 0 spiro atoms. The van der Waals surface area contributed by atoms with Gasteiger partial charge in [0.05, 0.1) is 18.6 Å². The number of aliphatic carboxylic acids is 1. The van der Waals surface area contributed by atoms with Gasteiger partial charge in [-0.05, 0) is 23.8 Å². The van der Waals surface area contributed by atoms with E-state index in [2.05, 4.69) is 15.5 Å². The van der Waals surface area contributed by atoms with Crippen molar-refractivity contribution in [3.8, 4) is 11.5 Å². The Hall–Kier alpha value is -2.55. The van der Waals surface area contributed by atoms with Crippen molar-refractivity contribution >= 4 is 35.0 Å². The van der Waals surface area contributed by atoms with Crippen LogP contribution in [0.15, 0.2) is 28.4 Å². The molecule has 1 aromatic carbocycles. The van der Waals surface area contributed by atoms with Crippen LogP contribution < -0.4 is 15.2 Å². The van der Waals surface area contributed by atoms with Crippen LogP contribution in [0.25, 0.3) is 0 Å². The maximum Gasteiger partial charge on any atom is 0.239 e. The first-order chi connectivity index (χ1) is 10.5. The molecule has 116 valence electrons. The van der Waals surface area contributed by atoms with Crippen LogP contribution >= 0.6 is 11.8 Å². The summed E-state index contributed by atoms with van der Waals surface area (Å²) in [5.74, 6) is -1.43. The minimum absolute atomic E-state index is 0.0309. The zero-order valence-electron chi connectivity index (χ0n) is 11.5. The number of phenolic OH excluding ortho intramolecular Hbond substituents is 1. The summed E-state index contributed by atoms with van der Waals surface area (Å²) in [6.45, 7) is 0. The highest BCUT2D eigenvalue weighted by Gasteiger charge is 2.30. The molecule has 1 atom stereocenters. The number of carboxylic acid groups (broad SMARTS) is 1. The number of nitrogens with one attached hydrogen (secondary N) is 1.